The maximum atomic E-state index is 6.23. The van der Waals surface area contributed by atoms with E-state index in [2.05, 4.69) is 5.43 Å². The van der Waals surface area contributed by atoms with Gasteiger partial charge in [0, 0.05) is 9.90 Å². The monoisotopic (exact) mass is 252 g/mol. The van der Waals surface area contributed by atoms with E-state index in [0.29, 0.717) is 0 Å². The molecule has 1 atom stereocenters. The number of hydrogen-bond acceptors (Lipinski definition) is 3. The maximum absolute atomic E-state index is 6.23. The van der Waals surface area contributed by atoms with Crippen LogP contribution in [-0.4, -0.2) is 0 Å². The molecular formula is C12H13ClN2S. The largest absolute Gasteiger partial charge is 0.271 e. The molecule has 0 saturated carbocycles. The van der Waals surface area contributed by atoms with Gasteiger partial charge in [0.2, 0.25) is 0 Å². The van der Waals surface area contributed by atoms with Crippen molar-refractivity contribution in [1.29, 1.82) is 0 Å². The van der Waals surface area contributed by atoms with E-state index in [0.717, 1.165) is 21.0 Å². The first-order chi connectivity index (χ1) is 7.72. The third kappa shape index (κ3) is 2.28. The van der Waals surface area contributed by atoms with Crippen molar-refractivity contribution in [3.8, 4) is 0 Å². The van der Waals surface area contributed by atoms with Gasteiger partial charge in [0.25, 0.3) is 0 Å². The van der Waals surface area contributed by atoms with Gasteiger partial charge in [-0.25, -0.2) is 5.43 Å². The molecule has 0 aliphatic rings. The number of hydrazine groups is 1. The highest BCUT2D eigenvalue weighted by Gasteiger charge is 2.16. The minimum atomic E-state index is -0.0342. The molecule has 0 aliphatic carbocycles. The molecule has 16 heavy (non-hydrogen) atoms. The normalized spacial score (nSPS) is 12.7. The smallest absolute Gasteiger partial charge is 0.0816 e. The zero-order valence-electron chi connectivity index (χ0n) is 8.91. The Hall–Kier alpha value is -0.870. The second-order valence-electron chi connectivity index (χ2n) is 3.64. The molecule has 2 aromatic rings. The predicted octanol–water partition coefficient (Wildman–Crippen LogP) is 3.26. The third-order valence-corrected chi connectivity index (χ3v) is 3.73. The molecule has 0 fully saturated rings. The SMILES string of the molecule is Cc1ccc(C(NN)c2cccs2)c(Cl)c1. The van der Waals surface area contributed by atoms with Crippen LogP contribution in [0.1, 0.15) is 22.0 Å². The van der Waals surface area contributed by atoms with Gasteiger partial charge in [-0.2, -0.15) is 0 Å². The summed E-state index contributed by atoms with van der Waals surface area (Å²) in [4.78, 5) is 1.16. The Bertz CT molecular complexity index is 468. The lowest BCUT2D eigenvalue weighted by molar-refractivity contribution is 0.646. The second-order valence-corrected chi connectivity index (χ2v) is 5.03. The van der Waals surface area contributed by atoms with Crippen LogP contribution in [0.5, 0.6) is 0 Å². The number of thiophene rings is 1. The van der Waals surface area contributed by atoms with Gasteiger partial charge >= 0.3 is 0 Å². The molecule has 3 N–H and O–H groups in total. The van der Waals surface area contributed by atoms with Gasteiger partial charge in [-0.15, -0.1) is 11.3 Å². The molecule has 0 amide bonds. The number of rotatable bonds is 3. The lowest BCUT2D eigenvalue weighted by atomic mass is 10.0. The maximum Gasteiger partial charge on any atom is 0.0816 e. The molecule has 1 unspecified atom stereocenters. The van der Waals surface area contributed by atoms with E-state index in [-0.39, 0.29) is 6.04 Å². The molecule has 0 aliphatic heterocycles. The lowest BCUT2D eigenvalue weighted by Crippen LogP contribution is -2.28. The fourth-order valence-corrected chi connectivity index (χ4v) is 2.79. The van der Waals surface area contributed by atoms with E-state index in [1.165, 1.54) is 0 Å². The first kappa shape index (κ1) is 11.6. The Kier molecular flexibility index (Phi) is 3.61. The Balaban J connectivity index is 2.41. The Morgan fingerprint density at radius 1 is 1.38 bits per heavy atom. The van der Waals surface area contributed by atoms with Crippen LogP contribution in [0.2, 0.25) is 5.02 Å². The molecule has 1 aromatic carbocycles. The molecule has 1 aromatic heterocycles. The average Bonchev–Trinajstić information content (AvgIpc) is 2.75. The summed E-state index contributed by atoms with van der Waals surface area (Å²) in [7, 11) is 0. The van der Waals surface area contributed by atoms with Gasteiger partial charge in [-0.05, 0) is 35.6 Å². The van der Waals surface area contributed by atoms with E-state index in [1.807, 2.05) is 42.6 Å². The first-order valence-electron chi connectivity index (χ1n) is 4.98. The number of nitrogens with two attached hydrogens (primary N) is 1. The summed E-state index contributed by atoms with van der Waals surface area (Å²) in [6.45, 7) is 2.02. The molecule has 84 valence electrons. The summed E-state index contributed by atoms with van der Waals surface area (Å²) in [5.41, 5.74) is 4.97. The number of halogens is 1. The summed E-state index contributed by atoms with van der Waals surface area (Å²) in [5, 5.41) is 2.78. The molecule has 1 heterocycles. The third-order valence-electron chi connectivity index (χ3n) is 2.46. The molecule has 0 saturated heterocycles. The van der Waals surface area contributed by atoms with Crippen molar-refractivity contribution in [1.82, 2.24) is 5.43 Å². The van der Waals surface area contributed by atoms with Crippen molar-refractivity contribution in [2.75, 3.05) is 0 Å². The summed E-state index contributed by atoms with van der Waals surface area (Å²) < 4.78 is 0. The number of aryl methyl sites for hydroxylation is 1. The van der Waals surface area contributed by atoms with Crippen LogP contribution in [0.25, 0.3) is 0 Å². The highest BCUT2D eigenvalue weighted by atomic mass is 35.5. The average molecular weight is 253 g/mol. The van der Waals surface area contributed by atoms with Gasteiger partial charge in [-0.3, -0.25) is 5.84 Å². The van der Waals surface area contributed by atoms with Crippen LogP contribution in [-0.2, 0) is 0 Å². The molecule has 0 bridgehead atoms. The topological polar surface area (TPSA) is 38.0 Å². The summed E-state index contributed by atoms with van der Waals surface area (Å²) in [5.74, 6) is 5.60. The van der Waals surface area contributed by atoms with Crippen molar-refractivity contribution < 1.29 is 0 Å². The highest BCUT2D eigenvalue weighted by Crippen LogP contribution is 2.30. The fourth-order valence-electron chi connectivity index (χ4n) is 1.65. The van der Waals surface area contributed by atoms with Crippen LogP contribution < -0.4 is 11.3 Å². The Morgan fingerprint density at radius 3 is 2.75 bits per heavy atom. The van der Waals surface area contributed by atoms with E-state index in [1.54, 1.807) is 11.3 Å². The zero-order valence-corrected chi connectivity index (χ0v) is 10.5. The Morgan fingerprint density at radius 2 is 2.19 bits per heavy atom. The number of hydrogen-bond donors (Lipinski definition) is 2. The van der Waals surface area contributed by atoms with Crippen LogP contribution in [0.4, 0.5) is 0 Å². The van der Waals surface area contributed by atoms with Crippen LogP contribution >= 0.6 is 22.9 Å². The molecule has 4 heteroatoms. The van der Waals surface area contributed by atoms with Crippen LogP contribution in [0, 0.1) is 6.92 Å². The van der Waals surface area contributed by atoms with Crippen molar-refractivity contribution in [3.05, 3.63) is 56.7 Å². The summed E-state index contributed by atoms with van der Waals surface area (Å²) >= 11 is 7.89. The van der Waals surface area contributed by atoms with Crippen molar-refractivity contribution in [2.45, 2.75) is 13.0 Å². The van der Waals surface area contributed by atoms with E-state index in [4.69, 9.17) is 17.4 Å². The number of nitrogens with one attached hydrogen (secondary N) is 1. The van der Waals surface area contributed by atoms with Gasteiger partial charge in [0.05, 0.1) is 6.04 Å². The van der Waals surface area contributed by atoms with Crippen LogP contribution in [0.15, 0.2) is 35.7 Å². The molecule has 0 spiro atoms. The molecule has 2 nitrogen and oxygen atoms in total. The predicted molar refractivity (Wildman–Crippen MR) is 69.7 cm³/mol. The van der Waals surface area contributed by atoms with E-state index >= 15 is 0 Å². The van der Waals surface area contributed by atoms with Gasteiger partial charge in [0.1, 0.15) is 0 Å². The number of benzene rings is 1. The van der Waals surface area contributed by atoms with Gasteiger partial charge in [0.15, 0.2) is 0 Å². The summed E-state index contributed by atoms with van der Waals surface area (Å²) in [6.07, 6.45) is 0. The minimum absolute atomic E-state index is 0.0342. The molecule has 2 rings (SSSR count). The van der Waals surface area contributed by atoms with Gasteiger partial charge in [-0.1, -0.05) is 29.8 Å². The first-order valence-corrected chi connectivity index (χ1v) is 6.23. The summed E-state index contributed by atoms with van der Waals surface area (Å²) in [6, 6.07) is 10.0. The van der Waals surface area contributed by atoms with Crippen molar-refractivity contribution >= 4 is 22.9 Å². The van der Waals surface area contributed by atoms with E-state index < -0.39 is 0 Å². The van der Waals surface area contributed by atoms with Gasteiger partial charge < -0.3 is 0 Å². The lowest BCUT2D eigenvalue weighted by Gasteiger charge is -2.16. The van der Waals surface area contributed by atoms with Crippen molar-refractivity contribution in [2.24, 2.45) is 5.84 Å². The molecular weight excluding hydrogens is 240 g/mol. The zero-order chi connectivity index (χ0) is 11.5. The highest BCUT2D eigenvalue weighted by molar-refractivity contribution is 7.10. The Labute approximate surface area is 104 Å². The van der Waals surface area contributed by atoms with E-state index in [9.17, 15) is 0 Å². The second kappa shape index (κ2) is 4.97. The fraction of sp³-hybridized carbons (Fsp3) is 0.167. The van der Waals surface area contributed by atoms with Crippen molar-refractivity contribution in [3.63, 3.8) is 0 Å². The quantitative estimate of drug-likeness (QED) is 0.650. The van der Waals surface area contributed by atoms with Crippen LogP contribution in [0.3, 0.4) is 0 Å². The molecule has 0 radical (unpaired) electrons. The standard InChI is InChI=1S/C12H13ClN2S/c1-8-4-5-9(10(13)7-8)12(15-14)11-3-2-6-16-11/h2-7,12,15H,14H2,1H3. The minimum Gasteiger partial charge on any atom is -0.271 e.